The molecule has 4 heterocycles. The maximum atomic E-state index is 13.7. The number of fused-ring (bicyclic) bond motifs is 3. The van der Waals surface area contributed by atoms with Gasteiger partial charge in [-0.05, 0) is 72.8 Å². The van der Waals surface area contributed by atoms with Gasteiger partial charge in [0.05, 0.1) is 5.69 Å². The van der Waals surface area contributed by atoms with E-state index in [-0.39, 0.29) is 0 Å². The van der Waals surface area contributed by atoms with Crippen LogP contribution < -0.4 is 4.90 Å². The van der Waals surface area contributed by atoms with Crippen LogP contribution in [0, 0.1) is 24.7 Å². The van der Waals surface area contributed by atoms with Crippen LogP contribution in [-0.2, 0) is 12.3 Å². The van der Waals surface area contributed by atoms with Gasteiger partial charge in [-0.25, -0.2) is 9.50 Å². The smallest absolute Gasteiger partial charge is 0.362 e. The Labute approximate surface area is 214 Å². The number of benzene rings is 1. The van der Waals surface area contributed by atoms with Gasteiger partial charge in [0, 0.05) is 36.8 Å². The lowest BCUT2D eigenvalue weighted by molar-refractivity contribution is -0.289. The molecule has 0 spiro atoms. The van der Waals surface area contributed by atoms with Gasteiger partial charge in [0.25, 0.3) is 0 Å². The Kier molecular flexibility index (Phi) is 5.74. The number of hydrogen-bond acceptors (Lipinski definition) is 5. The molecule has 4 aromatic rings. The van der Waals surface area contributed by atoms with E-state index < -0.39 is 17.7 Å². The first-order chi connectivity index (χ1) is 17.6. The number of hydrogen-bond donors (Lipinski definition) is 0. The highest BCUT2D eigenvalue weighted by Crippen LogP contribution is 2.46. The third kappa shape index (κ3) is 4.26. The van der Waals surface area contributed by atoms with Crippen LogP contribution in [0.15, 0.2) is 48.7 Å². The first-order valence-electron chi connectivity index (χ1n) is 12.2. The lowest BCUT2D eigenvalue weighted by Crippen LogP contribution is -2.42. The fourth-order valence-electron chi connectivity index (χ4n) is 5.84. The molecule has 37 heavy (non-hydrogen) atoms. The number of aryl methyl sites for hydroxylation is 1. The van der Waals surface area contributed by atoms with E-state index in [2.05, 4.69) is 20.4 Å². The van der Waals surface area contributed by atoms with E-state index in [1.54, 1.807) is 34.4 Å². The third-order valence-corrected chi connectivity index (χ3v) is 8.64. The molecule has 0 radical (unpaired) electrons. The van der Waals surface area contributed by atoms with E-state index in [1.807, 2.05) is 6.92 Å². The van der Waals surface area contributed by atoms with Gasteiger partial charge in [0.2, 0.25) is 0 Å². The summed E-state index contributed by atoms with van der Waals surface area (Å²) in [5.74, 6) is -2.61. The molecule has 194 valence electrons. The fourth-order valence-corrected chi connectivity index (χ4v) is 6.62. The molecule has 3 atom stereocenters. The third-order valence-electron chi connectivity index (χ3n) is 7.70. The predicted octanol–water partition coefficient (Wildman–Crippen LogP) is 6.52. The molecule has 1 saturated heterocycles. The van der Waals surface area contributed by atoms with Crippen molar-refractivity contribution >= 4 is 22.2 Å². The second-order valence-electron chi connectivity index (χ2n) is 10.0. The van der Waals surface area contributed by atoms with Crippen molar-refractivity contribution in [2.45, 2.75) is 38.3 Å². The Morgan fingerprint density at radius 2 is 1.70 bits per heavy atom. The van der Waals surface area contributed by atoms with Crippen molar-refractivity contribution in [3.8, 4) is 11.1 Å². The van der Waals surface area contributed by atoms with Crippen LogP contribution in [0.25, 0.3) is 16.8 Å². The summed E-state index contributed by atoms with van der Waals surface area (Å²) >= 11 is 1.55. The van der Waals surface area contributed by atoms with Crippen LogP contribution in [0.2, 0.25) is 0 Å². The first kappa shape index (κ1) is 24.3. The average molecular weight is 534 g/mol. The van der Waals surface area contributed by atoms with Gasteiger partial charge in [-0.1, -0.05) is 24.3 Å². The molecule has 1 aromatic carbocycles. The molecular weight excluding hydrogens is 509 g/mol. The zero-order chi connectivity index (χ0) is 25.9. The highest BCUT2D eigenvalue weighted by Gasteiger charge is 2.58. The van der Waals surface area contributed by atoms with E-state index in [9.17, 15) is 22.0 Å². The summed E-state index contributed by atoms with van der Waals surface area (Å²) in [5, 5.41) is 5.90. The molecule has 1 saturated carbocycles. The standard InChI is InChI=1S/C26H24F5N5S/c1-15-11-23(37-34-15)35-13-17-4-5-18(14-35)21(17)12-22-32-24-20(3-2-10-36(24)33-22)16-6-8-19(9-7-16)25(27,28)26(29,30)31/h2-3,6-11,17-18,21H,4-5,12-14H2,1H3/t17-,18+,21?. The molecule has 1 aliphatic carbocycles. The summed E-state index contributed by atoms with van der Waals surface area (Å²) in [6.07, 6.45) is -0.770. The summed E-state index contributed by atoms with van der Waals surface area (Å²) in [7, 11) is 0. The summed E-state index contributed by atoms with van der Waals surface area (Å²) in [6.45, 7) is 4.00. The predicted molar refractivity (Wildman–Crippen MR) is 131 cm³/mol. The van der Waals surface area contributed by atoms with Crippen molar-refractivity contribution < 1.29 is 22.0 Å². The maximum absolute atomic E-state index is 13.7. The van der Waals surface area contributed by atoms with Crippen LogP contribution >= 0.6 is 11.5 Å². The lowest BCUT2D eigenvalue weighted by atomic mass is 9.82. The van der Waals surface area contributed by atoms with Gasteiger partial charge < -0.3 is 4.90 Å². The monoisotopic (exact) mass is 533 g/mol. The number of alkyl halides is 5. The zero-order valence-electron chi connectivity index (χ0n) is 19.9. The number of aromatic nitrogens is 4. The Morgan fingerprint density at radius 1 is 1.00 bits per heavy atom. The van der Waals surface area contributed by atoms with Gasteiger partial charge in [0.15, 0.2) is 11.5 Å². The largest absolute Gasteiger partial charge is 0.458 e. The summed E-state index contributed by atoms with van der Waals surface area (Å²) in [6, 6.07) is 9.86. The van der Waals surface area contributed by atoms with E-state index in [0.29, 0.717) is 34.5 Å². The molecule has 0 N–H and O–H groups in total. The lowest BCUT2D eigenvalue weighted by Gasteiger charge is -2.38. The number of nitrogens with zero attached hydrogens (tertiary/aromatic N) is 5. The number of rotatable bonds is 5. The molecule has 2 bridgehead atoms. The number of anilines is 1. The summed E-state index contributed by atoms with van der Waals surface area (Å²) < 4.78 is 71.7. The zero-order valence-corrected chi connectivity index (χ0v) is 20.7. The molecular formula is C26H24F5N5S. The van der Waals surface area contributed by atoms with E-state index in [4.69, 9.17) is 4.98 Å². The Hall–Kier alpha value is -3.08. The Balaban J connectivity index is 1.23. The molecule has 1 unspecified atom stereocenters. The molecule has 6 rings (SSSR count). The highest BCUT2D eigenvalue weighted by atomic mass is 32.1. The minimum Gasteiger partial charge on any atom is -0.362 e. The van der Waals surface area contributed by atoms with Crippen molar-refractivity contribution in [2.24, 2.45) is 17.8 Å². The molecule has 5 nitrogen and oxygen atoms in total. The quantitative estimate of drug-likeness (QED) is 0.274. The van der Waals surface area contributed by atoms with Crippen LogP contribution in [0.4, 0.5) is 27.0 Å². The van der Waals surface area contributed by atoms with Crippen LogP contribution in [0.3, 0.4) is 0 Å². The van der Waals surface area contributed by atoms with Crippen molar-refractivity contribution in [2.75, 3.05) is 18.0 Å². The van der Waals surface area contributed by atoms with Gasteiger partial charge >= 0.3 is 12.1 Å². The molecule has 1 aliphatic heterocycles. The van der Waals surface area contributed by atoms with E-state index in [0.717, 1.165) is 43.2 Å². The highest BCUT2D eigenvalue weighted by molar-refractivity contribution is 7.10. The van der Waals surface area contributed by atoms with Gasteiger partial charge in [-0.15, -0.1) is 0 Å². The van der Waals surface area contributed by atoms with Crippen molar-refractivity contribution in [3.05, 3.63) is 65.7 Å². The topological polar surface area (TPSA) is 46.3 Å². The SMILES string of the molecule is Cc1cc(N2C[C@H]3CC[C@@H](C2)C3Cc2nc3c(-c4ccc(C(F)(F)C(F)(F)F)cc4)cccn3n2)sn1. The number of halogens is 5. The normalized spacial score (nSPS) is 22.2. The van der Waals surface area contributed by atoms with Crippen molar-refractivity contribution in [1.29, 1.82) is 0 Å². The second-order valence-corrected chi connectivity index (χ2v) is 10.8. The minimum absolute atomic E-state index is 0.481. The first-order valence-corrected chi connectivity index (χ1v) is 13.0. The molecule has 0 amide bonds. The molecule has 11 heteroatoms. The average Bonchev–Trinajstić information content (AvgIpc) is 3.53. The Bertz CT molecular complexity index is 1410. The molecule has 2 fully saturated rings. The fraction of sp³-hybridized carbons (Fsp3) is 0.423. The number of piperidine rings is 1. The number of pyridine rings is 1. The molecule has 2 aliphatic rings. The van der Waals surface area contributed by atoms with E-state index in [1.165, 1.54) is 30.0 Å². The van der Waals surface area contributed by atoms with E-state index >= 15 is 0 Å². The van der Waals surface area contributed by atoms with Crippen LogP contribution in [0.1, 0.15) is 29.9 Å². The van der Waals surface area contributed by atoms with Crippen molar-refractivity contribution in [1.82, 2.24) is 19.0 Å². The van der Waals surface area contributed by atoms with Crippen LogP contribution in [0.5, 0.6) is 0 Å². The maximum Gasteiger partial charge on any atom is 0.458 e. The van der Waals surface area contributed by atoms with Crippen LogP contribution in [-0.4, -0.2) is 38.2 Å². The van der Waals surface area contributed by atoms with Gasteiger partial charge in [0.1, 0.15) is 5.00 Å². The molecule has 3 aromatic heterocycles. The second kappa shape index (κ2) is 8.75. The van der Waals surface area contributed by atoms with Gasteiger partial charge in [-0.3, -0.25) is 0 Å². The summed E-state index contributed by atoms with van der Waals surface area (Å²) in [5.41, 5.74) is 1.63. The van der Waals surface area contributed by atoms with Gasteiger partial charge in [-0.2, -0.15) is 31.4 Å². The summed E-state index contributed by atoms with van der Waals surface area (Å²) in [4.78, 5) is 7.22. The Morgan fingerprint density at radius 3 is 2.32 bits per heavy atom. The van der Waals surface area contributed by atoms with Crippen molar-refractivity contribution in [3.63, 3.8) is 0 Å². The minimum atomic E-state index is -5.65.